The number of amides is 1. The number of carbonyl (C=O) groups excluding carboxylic acids is 1. The fourth-order valence-electron chi connectivity index (χ4n) is 3.77. The fourth-order valence-corrected chi connectivity index (χ4v) is 3.77. The normalized spacial score (nSPS) is 30.2. The maximum Gasteiger partial charge on any atom is 0.249 e. The second kappa shape index (κ2) is 8.77. The van der Waals surface area contributed by atoms with E-state index in [0.717, 1.165) is 31.6 Å². The molecule has 2 rings (SSSR count). The van der Waals surface area contributed by atoms with Gasteiger partial charge in [0.2, 0.25) is 5.91 Å². The third-order valence-electron chi connectivity index (χ3n) is 5.11. The van der Waals surface area contributed by atoms with Crippen LogP contribution in [0.4, 0.5) is 0 Å². The molecular weight excluding hydrogens is 262 g/mol. The summed E-state index contributed by atoms with van der Waals surface area (Å²) >= 11 is 0. The summed E-state index contributed by atoms with van der Waals surface area (Å²) in [5, 5.41) is 3.22. The van der Waals surface area contributed by atoms with Crippen molar-refractivity contribution in [2.45, 2.75) is 103 Å². The van der Waals surface area contributed by atoms with E-state index >= 15 is 0 Å². The standard InChI is InChI=1S/C18H33NO2/c1-14-9-8-12-17(13-14)21-15(2)18(20)19-16-10-6-4-3-5-7-11-16/h14-17H,3-13H2,1-2H3,(H,19,20)/t14-,15-,17+/m1/s1. The molecule has 0 aromatic carbocycles. The van der Waals surface area contributed by atoms with Crippen molar-refractivity contribution >= 4 is 5.91 Å². The molecule has 1 N–H and O–H groups in total. The molecule has 2 saturated carbocycles. The molecule has 2 aliphatic rings. The SMILES string of the molecule is C[C@@H]1CCC[C@H](O[C@H](C)C(=O)NC2CCCCCCC2)C1. The van der Waals surface area contributed by atoms with Crippen LogP contribution in [0.1, 0.15) is 84.5 Å². The third-order valence-corrected chi connectivity index (χ3v) is 5.11. The lowest BCUT2D eigenvalue weighted by molar-refractivity contribution is -0.138. The molecule has 0 heterocycles. The van der Waals surface area contributed by atoms with Crippen LogP contribution in [-0.2, 0) is 9.53 Å². The highest BCUT2D eigenvalue weighted by Gasteiger charge is 2.25. The number of hydrogen-bond acceptors (Lipinski definition) is 2. The Bertz CT molecular complexity index is 310. The summed E-state index contributed by atoms with van der Waals surface area (Å²) in [5.41, 5.74) is 0. The summed E-state index contributed by atoms with van der Waals surface area (Å²) in [6.45, 7) is 4.20. The summed E-state index contributed by atoms with van der Waals surface area (Å²) in [7, 11) is 0. The van der Waals surface area contributed by atoms with Crippen molar-refractivity contribution in [3.05, 3.63) is 0 Å². The molecule has 21 heavy (non-hydrogen) atoms. The third kappa shape index (κ3) is 5.98. The molecule has 0 aromatic heterocycles. The van der Waals surface area contributed by atoms with Gasteiger partial charge in [-0.2, -0.15) is 0 Å². The summed E-state index contributed by atoms with van der Waals surface area (Å²) in [6, 6.07) is 0.370. The van der Waals surface area contributed by atoms with Crippen LogP contribution in [0.15, 0.2) is 0 Å². The van der Waals surface area contributed by atoms with Gasteiger partial charge in [-0.3, -0.25) is 4.79 Å². The molecule has 0 aromatic rings. The Balaban J connectivity index is 1.73. The summed E-state index contributed by atoms with van der Waals surface area (Å²) in [4.78, 5) is 12.3. The minimum Gasteiger partial charge on any atom is -0.365 e. The smallest absolute Gasteiger partial charge is 0.249 e. The van der Waals surface area contributed by atoms with Gasteiger partial charge in [0.05, 0.1) is 6.10 Å². The molecule has 0 aliphatic heterocycles. The van der Waals surface area contributed by atoms with E-state index in [0.29, 0.717) is 6.04 Å². The molecule has 2 aliphatic carbocycles. The summed E-state index contributed by atoms with van der Waals surface area (Å²) in [5.74, 6) is 0.836. The zero-order valence-corrected chi connectivity index (χ0v) is 13.9. The monoisotopic (exact) mass is 295 g/mol. The highest BCUT2D eigenvalue weighted by atomic mass is 16.5. The Morgan fingerprint density at radius 1 is 1.00 bits per heavy atom. The first kappa shape index (κ1) is 16.8. The molecule has 3 atom stereocenters. The highest BCUT2D eigenvalue weighted by Crippen LogP contribution is 2.26. The first-order valence-electron chi connectivity index (χ1n) is 9.11. The fraction of sp³-hybridized carbons (Fsp3) is 0.944. The Kier molecular flexibility index (Phi) is 7.01. The lowest BCUT2D eigenvalue weighted by Crippen LogP contribution is -2.43. The van der Waals surface area contributed by atoms with Crippen molar-refractivity contribution in [2.75, 3.05) is 0 Å². The second-order valence-corrected chi connectivity index (χ2v) is 7.22. The number of rotatable bonds is 4. The summed E-state index contributed by atoms with van der Waals surface area (Å²) in [6.07, 6.45) is 13.5. The molecule has 122 valence electrons. The van der Waals surface area contributed by atoms with Crippen molar-refractivity contribution in [3.8, 4) is 0 Å². The number of nitrogens with one attached hydrogen (secondary N) is 1. The Morgan fingerprint density at radius 2 is 1.67 bits per heavy atom. The van der Waals surface area contributed by atoms with Gasteiger partial charge in [0, 0.05) is 6.04 Å². The van der Waals surface area contributed by atoms with E-state index in [1.165, 1.54) is 44.9 Å². The minimum absolute atomic E-state index is 0.0961. The van der Waals surface area contributed by atoms with Gasteiger partial charge in [0.15, 0.2) is 0 Å². The summed E-state index contributed by atoms with van der Waals surface area (Å²) < 4.78 is 6.01. The zero-order valence-electron chi connectivity index (χ0n) is 13.9. The zero-order chi connectivity index (χ0) is 15.1. The average Bonchev–Trinajstić information content (AvgIpc) is 2.41. The Labute approximate surface area is 130 Å². The van der Waals surface area contributed by atoms with Gasteiger partial charge in [0.1, 0.15) is 6.10 Å². The van der Waals surface area contributed by atoms with Crippen LogP contribution in [0.2, 0.25) is 0 Å². The largest absolute Gasteiger partial charge is 0.365 e. The lowest BCUT2D eigenvalue weighted by Gasteiger charge is -2.30. The molecule has 0 spiro atoms. The molecular formula is C18H33NO2. The van der Waals surface area contributed by atoms with Gasteiger partial charge in [-0.15, -0.1) is 0 Å². The van der Waals surface area contributed by atoms with Crippen LogP contribution in [0, 0.1) is 5.92 Å². The van der Waals surface area contributed by atoms with Crippen molar-refractivity contribution in [1.29, 1.82) is 0 Å². The molecule has 0 saturated heterocycles. The van der Waals surface area contributed by atoms with E-state index in [2.05, 4.69) is 12.2 Å². The number of hydrogen-bond donors (Lipinski definition) is 1. The predicted molar refractivity (Wildman–Crippen MR) is 86.2 cm³/mol. The molecule has 0 radical (unpaired) electrons. The Morgan fingerprint density at radius 3 is 2.33 bits per heavy atom. The van der Waals surface area contributed by atoms with Crippen molar-refractivity contribution in [2.24, 2.45) is 5.92 Å². The van der Waals surface area contributed by atoms with Gasteiger partial charge >= 0.3 is 0 Å². The van der Waals surface area contributed by atoms with Gasteiger partial charge < -0.3 is 10.1 Å². The van der Waals surface area contributed by atoms with E-state index in [1.54, 1.807) is 0 Å². The van der Waals surface area contributed by atoms with E-state index in [1.807, 2.05) is 6.92 Å². The maximum atomic E-state index is 12.3. The van der Waals surface area contributed by atoms with E-state index in [-0.39, 0.29) is 18.1 Å². The Hall–Kier alpha value is -0.570. The van der Waals surface area contributed by atoms with E-state index in [9.17, 15) is 4.79 Å². The highest BCUT2D eigenvalue weighted by molar-refractivity contribution is 5.80. The molecule has 0 bridgehead atoms. The first-order valence-corrected chi connectivity index (χ1v) is 9.11. The van der Waals surface area contributed by atoms with Crippen LogP contribution in [0.25, 0.3) is 0 Å². The van der Waals surface area contributed by atoms with Crippen molar-refractivity contribution in [3.63, 3.8) is 0 Å². The quantitative estimate of drug-likeness (QED) is 0.844. The minimum atomic E-state index is -0.300. The van der Waals surface area contributed by atoms with Gasteiger partial charge in [-0.25, -0.2) is 0 Å². The van der Waals surface area contributed by atoms with E-state index in [4.69, 9.17) is 4.74 Å². The second-order valence-electron chi connectivity index (χ2n) is 7.22. The lowest BCUT2D eigenvalue weighted by atomic mass is 9.88. The van der Waals surface area contributed by atoms with Gasteiger partial charge in [0.25, 0.3) is 0 Å². The van der Waals surface area contributed by atoms with Crippen LogP contribution >= 0.6 is 0 Å². The average molecular weight is 295 g/mol. The molecule has 2 fully saturated rings. The molecule has 0 unspecified atom stereocenters. The van der Waals surface area contributed by atoms with Crippen molar-refractivity contribution in [1.82, 2.24) is 5.32 Å². The number of ether oxygens (including phenoxy) is 1. The van der Waals surface area contributed by atoms with Crippen LogP contribution < -0.4 is 5.32 Å². The van der Waals surface area contributed by atoms with E-state index < -0.39 is 0 Å². The molecule has 1 amide bonds. The van der Waals surface area contributed by atoms with Gasteiger partial charge in [-0.1, -0.05) is 51.9 Å². The predicted octanol–water partition coefficient (Wildman–Crippen LogP) is 4.20. The molecule has 3 heteroatoms. The molecule has 3 nitrogen and oxygen atoms in total. The van der Waals surface area contributed by atoms with Gasteiger partial charge in [-0.05, 0) is 38.5 Å². The van der Waals surface area contributed by atoms with Crippen LogP contribution in [0.3, 0.4) is 0 Å². The number of carbonyl (C=O) groups is 1. The first-order chi connectivity index (χ1) is 10.1. The van der Waals surface area contributed by atoms with Crippen molar-refractivity contribution < 1.29 is 9.53 Å². The van der Waals surface area contributed by atoms with Crippen LogP contribution in [-0.4, -0.2) is 24.2 Å². The topological polar surface area (TPSA) is 38.3 Å². The van der Waals surface area contributed by atoms with Crippen LogP contribution in [0.5, 0.6) is 0 Å². The maximum absolute atomic E-state index is 12.3.